The summed E-state index contributed by atoms with van der Waals surface area (Å²) in [6.07, 6.45) is 3.16. The van der Waals surface area contributed by atoms with Gasteiger partial charge in [0.2, 0.25) is 5.43 Å². The fourth-order valence-corrected chi connectivity index (χ4v) is 4.16. The Morgan fingerprint density at radius 2 is 2.07 bits per heavy atom. The van der Waals surface area contributed by atoms with Crippen LogP contribution in [0, 0.1) is 18.7 Å². The number of rotatable bonds is 4. The number of hydrogen-bond acceptors (Lipinski definition) is 5. The first kappa shape index (κ1) is 18.9. The number of aliphatic hydroxyl groups is 1. The van der Waals surface area contributed by atoms with Crippen molar-refractivity contribution in [3.8, 4) is 0 Å². The lowest BCUT2D eigenvalue weighted by Crippen LogP contribution is -2.46. The van der Waals surface area contributed by atoms with Gasteiger partial charge in [-0.3, -0.25) is 4.79 Å². The van der Waals surface area contributed by atoms with Crippen molar-refractivity contribution in [3.05, 3.63) is 39.4 Å². The molecule has 7 nitrogen and oxygen atoms in total. The summed E-state index contributed by atoms with van der Waals surface area (Å²) in [5.41, 5.74) is 5.84. The zero-order valence-electron chi connectivity index (χ0n) is 15.7. The molecule has 2 atom stereocenters. The number of aliphatic hydroxyl groups excluding tert-OH is 1. The van der Waals surface area contributed by atoms with Crippen molar-refractivity contribution in [1.29, 1.82) is 0 Å². The van der Waals surface area contributed by atoms with Gasteiger partial charge in [0.05, 0.1) is 22.7 Å². The molecule has 2 fully saturated rings. The summed E-state index contributed by atoms with van der Waals surface area (Å²) in [4.78, 5) is 26.1. The van der Waals surface area contributed by atoms with Crippen molar-refractivity contribution >= 4 is 22.6 Å². The van der Waals surface area contributed by atoms with Crippen LogP contribution in [-0.4, -0.2) is 46.5 Å². The van der Waals surface area contributed by atoms with Gasteiger partial charge >= 0.3 is 5.97 Å². The highest BCUT2D eigenvalue weighted by molar-refractivity contribution is 5.95. The molecule has 2 heterocycles. The molecular weight excluding hydrogens is 365 g/mol. The first-order valence-electron chi connectivity index (χ1n) is 9.57. The van der Waals surface area contributed by atoms with E-state index < -0.39 is 23.3 Å². The van der Waals surface area contributed by atoms with E-state index in [1.807, 2.05) is 4.90 Å². The van der Waals surface area contributed by atoms with Gasteiger partial charge in [0, 0.05) is 36.8 Å². The Hall–Kier alpha value is -2.45. The molecule has 0 bridgehead atoms. The fourth-order valence-electron chi connectivity index (χ4n) is 4.16. The predicted octanol–water partition coefficient (Wildman–Crippen LogP) is 1.63. The van der Waals surface area contributed by atoms with Gasteiger partial charge in [-0.1, -0.05) is 0 Å². The van der Waals surface area contributed by atoms with Crippen LogP contribution >= 0.6 is 0 Å². The lowest BCUT2D eigenvalue weighted by atomic mass is 9.94. The number of aryl methyl sites for hydroxylation is 1. The number of benzene rings is 1. The van der Waals surface area contributed by atoms with E-state index in [-0.39, 0.29) is 28.5 Å². The van der Waals surface area contributed by atoms with Crippen molar-refractivity contribution in [2.75, 3.05) is 24.5 Å². The van der Waals surface area contributed by atoms with Crippen LogP contribution in [-0.2, 0) is 0 Å². The Morgan fingerprint density at radius 3 is 2.68 bits per heavy atom. The molecule has 0 amide bonds. The van der Waals surface area contributed by atoms with Gasteiger partial charge in [-0.15, -0.1) is 0 Å². The molecule has 28 heavy (non-hydrogen) atoms. The number of halogens is 1. The van der Waals surface area contributed by atoms with Gasteiger partial charge in [-0.05, 0) is 38.8 Å². The third-order valence-electron chi connectivity index (χ3n) is 5.98. The first-order valence-corrected chi connectivity index (χ1v) is 9.57. The summed E-state index contributed by atoms with van der Waals surface area (Å²) in [7, 11) is 0. The van der Waals surface area contributed by atoms with Gasteiger partial charge in [-0.25, -0.2) is 9.18 Å². The summed E-state index contributed by atoms with van der Waals surface area (Å²) in [5, 5.41) is 19.6. The highest BCUT2D eigenvalue weighted by Crippen LogP contribution is 2.39. The molecular formula is C20H24FN3O4. The quantitative estimate of drug-likeness (QED) is 0.733. The SMILES string of the molecule is Cc1c(F)c(N2CCC(O)C(CN)C2)cc2c1c(=O)c(C(=O)O)cn2C1CC1. The third-order valence-corrected chi connectivity index (χ3v) is 5.98. The summed E-state index contributed by atoms with van der Waals surface area (Å²) in [5.74, 6) is -1.98. The summed E-state index contributed by atoms with van der Waals surface area (Å²) in [6, 6.07) is 1.77. The number of aromatic nitrogens is 1. The van der Waals surface area contributed by atoms with E-state index in [4.69, 9.17) is 5.73 Å². The second kappa shape index (κ2) is 6.86. The number of nitrogens with two attached hydrogens (primary N) is 1. The molecule has 1 aliphatic carbocycles. The normalized spacial score (nSPS) is 22.6. The van der Waals surface area contributed by atoms with E-state index >= 15 is 4.39 Å². The van der Waals surface area contributed by atoms with E-state index in [1.54, 1.807) is 10.6 Å². The molecule has 2 aromatic rings. The van der Waals surface area contributed by atoms with Crippen molar-refractivity contribution in [2.24, 2.45) is 11.7 Å². The smallest absolute Gasteiger partial charge is 0.341 e. The van der Waals surface area contributed by atoms with Crippen molar-refractivity contribution in [3.63, 3.8) is 0 Å². The number of anilines is 1. The van der Waals surface area contributed by atoms with Crippen LogP contribution in [0.2, 0.25) is 0 Å². The van der Waals surface area contributed by atoms with E-state index in [1.165, 1.54) is 13.1 Å². The van der Waals surface area contributed by atoms with Crippen LogP contribution in [0.1, 0.15) is 41.2 Å². The zero-order chi connectivity index (χ0) is 20.2. The molecule has 150 valence electrons. The Balaban J connectivity index is 1.92. The number of piperidine rings is 1. The van der Waals surface area contributed by atoms with Crippen LogP contribution in [0.4, 0.5) is 10.1 Å². The molecule has 0 spiro atoms. The number of aromatic carboxylic acids is 1. The average Bonchev–Trinajstić information content (AvgIpc) is 3.50. The predicted molar refractivity (Wildman–Crippen MR) is 104 cm³/mol. The largest absolute Gasteiger partial charge is 0.477 e. The van der Waals surface area contributed by atoms with Crippen molar-refractivity contribution in [2.45, 2.75) is 38.3 Å². The van der Waals surface area contributed by atoms with Gasteiger partial charge in [0.25, 0.3) is 0 Å². The van der Waals surface area contributed by atoms with E-state index in [2.05, 4.69) is 0 Å². The highest BCUT2D eigenvalue weighted by atomic mass is 19.1. The molecule has 0 radical (unpaired) electrons. The second-order valence-corrected chi connectivity index (χ2v) is 7.84. The minimum atomic E-state index is -1.30. The van der Waals surface area contributed by atoms with Crippen LogP contribution in [0.3, 0.4) is 0 Å². The van der Waals surface area contributed by atoms with Crippen molar-refractivity contribution < 1.29 is 19.4 Å². The number of carboxylic acid groups (broad SMARTS) is 1. The van der Waals surface area contributed by atoms with Crippen LogP contribution < -0.4 is 16.1 Å². The molecule has 2 unspecified atom stereocenters. The van der Waals surface area contributed by atoms with Crippen molar-refractivity contribution in [1.82, 2.24) is 4.57 Å². The number of fused-ring (bicyclic) bond motifs is 1. The third kappa shape index (κ3) is 2.97. The molecule has 1 aromatic heterocycles. The number of carbonyl (C=O) groups is 1. The van der Waals surface area contributed by atoms with Gasteiger partial charge in [0.15, 0.2) is 0 Å². The molecule has 2 aliphatic rings. The van der Waals surface area contributed by atoms with Gasteiger partial charge < -0.3 is 25.4 Å². The highest BCUT2D eigenvalue weighted by Gasteiger charge is 2.31. The molecule has 1 aliphatic heterocycles. The van der Waals surface area contributed by atoms with E-state index in [9.17, 15) is 19.8 Å². The first-order chi connectivity index (χ1) is 13.3. The Morgan fingerprint density at radius 1 is 1.36 bits per heavy atom. The minimum absolute atomic E-state index is 0.124. The van der Waals surface area contributed by atoms with Gasteiger partial charge in [-0.2, -0.15) is 0 Å². The zero-order valence-corrected chi connectivity index (χ0v) is 15.7. The second-order valence-electron chi connectivity index (χ2n) is 7.84. The number of nitrogens with zero attached hydrogens (tertiary/aromatic N) is 2. The Bertz CT molecular complexity index is 1010. The Labute approximate surface area is 161 Å². The van der Waals surface area contributed by atoms with Crippen LogP contribution in [0.25, 0.3) is 10.9 Å². The number of hydrogen-bond donors (Lipinski definition) is 3. The molecule has 8 heteroatoms. The summed E-state index contributed by atoms with van der Waals surface area (Å²) < 4.78 is 17.1. The van der Waals surface area contributed by atoms with E-state index in [0.29, 0.717) is 37.3 Å². The maximum atomic E-state index is 15.3. The molecule has 1 saturated heterocycles. The summed E-state index contributed by atoms with van der Waals surface area (Å²) >= 11 is 0. The Kier molecular flexibility index (Phi) is 4.63. The number of pyridine rings is 1. The van der Waals surface area contributed by atoms with Crippen LogP contribution in [0.5, 0.6) is 0 Å². The molecule has 1 aromatic carbocycles. The lowest BCUT2D eigenvalue weighted by molar-refractivity contribution is 0.0694. The maximum Gasteiger partial charge on any atom is 0.341 e. The molecule has 4 N–H and O–H groups in total. The average molecular weight is 389 g/mol. The fraction of sp³-hybridized carbons (Fsp3) is 0.500. The van der Waals surface area contributed by atoms with Crippen LogP contribution in [0.15, 0.2) is 17.1 Å². The summed E-state index contributed by atoms with van der Waals surface area (Å²) in [6.45, 7) is 2.74. The number of carboxylic acids is 1. The van der Waals surface area contributed by atoms with E-state index in [0.717, 1.165) is 12.8 Å². The maximum absolute atomic E-state index is 15.3. The monoisotopic (exact) mass is 389 g/mol. The topological polar surface area (TPSA) is 109 Å². The van der Waals surface area contributed by atoms with Gasteiger partial charge in [0.1, 0.15) is 11.4 Å². The standard InChI is InChI=1S/C20H24FN3O4/c1-10-17-14(24(12-2-3-12)9-13(19(17)26)20(27)28)6-15(18(10)21)23-5-4-16(25)11(7-22)8-23/h6,9,11-12,16,25H,2-5,7-8,22H2,1H3,(H,27,28). The lowest BCUT2D eigenvalue weighted by Gasteiger charge is -2.37. The minimum Gasteiger partial charge on any atom is -0.477 e. The molecule has 4 rings (SSSR count). The molecule has 1 saturated carbocycles.